The Labute approximate surface area is 127 Å². The number of anilines is 1. The van der Waals surface area contributed by atoms with Crippen molar-refractivity contribution in [3.63, 3.8) is 0 Å². The van der Waals surface area contributed by atoms with E-state index in [0.29, 0.717) is 23.1 Å². The number of carbonyl (C=O) groups excluding carboxylic acids is 1. The molecule has 0 radical (unpaired) electrons. The molecule has 0 aromatic heterocycles. The fourth-order valence-corrected chi connectivity index (χ4v) is 4.55. The number of rotatable bonds is 3. The van der Waals surface area contributed by atoms with Crippen molar-refractivity contribution in [1.29, 1.82) is 0 Å². The number of amides is 1. The third kappa shape index (κ3) is 2.89. The van der Waals surface area contributed by atoms with Crippen LogP contribution in [0.5, 0.6) is 0 Å². The number of carbonyl (C=O) groups is 1. The van der Waals surface area contributed by atoms with E-state index in [4.69, 9.17) is 0 Å². The second-order valence-corrected chi connectivity index (χ2v) is 7.71. The summed E-state index contributed by atoms with van der Waals surface area (Å²) in [5.74, 6) is -0.146. The van der Waals surface area contributed by atoms with Crippen molar-refractivity contribution in [3.8, 4) is 0 Å². The molecule has 1 aliphatic heterocycles. The number of hydrogen-bond acceptors (Lipinski definition) is 3. The summed E-state index contributed by atoms with van der Waals surface area (Å²) in [6, 6.07) is 3.21. The van der Waals surface area contributed by atoms with Gasteiger partial charge >= 0.3 is 0 Å². The summed E-state index contributed by atoms with van der Waals surface area (Å²) in [4.78, 5) is 13.4. The fraction of sp³-hybridized carbons (Fsp3) is 0.462. The van der Waals surface area contributed by atoms with Gasteiger partial charge in [0.05, 0.1) is 5.69 Å². The Morgan fingerprint density at radius 1 is 1.40 bits per heavy atom. The van der Waals surface area contributed by atoms with Crippen molar-refractivity contribution in [2.24, 2.45) is 0 Å². The molecule has 1 aromatic rings. The van der Waals surface area contributed by atoms with Crippen LogP contribution in [0.15, 0.2) is 21.5 Å². The van der Waals surface area contributed by atoms with E-state index in [9.17, 15) is 13.2 Å². The molecule has 1 heterocycles. The largest absolute Gasteiger partial charge is 0.311 e. The van der Waals surface area contributed by atoms with Gasteiger partial charge in [0.2, 0.25) is 15.9 Å². The number of sulfonamides is 1. The molecule has 0 spiro atoms. The van der Waals surface area contributed by atoms with Crippen molar-refractivity contribution < 1.29 is 13.2 Å². The average molecular weight is 361 g/mol. The Morgan fingerprint density at radius 2 is 2.05 bits per heavy atom. The first-order valence-corrected chi connectivity index (χ1v) is 8.63. The van der Waals surface area contributed by atoms with Gasteiger partial charge in [0.15, 0.2) is 0 Å². The van der Waals surface area contributed by atoms with Crippen molar-refractivity contribution in [3.05, 3.63) is 22.2 Å². The lowest BCUT2D eigenvalue weighted by molar-refractivity contribution is -0.116. The average Bonchev–Trinajstić information content (AvgIpc) is 2.69. The van der Waals surface area contributed by atoms with Gasteiger partial charge in [-0.1, -0.05) is 15.9 Å². The second kappa shape index (κ2) is 5.46. The molecule has 5 nitrogen and oxygen atoms in total. The lowest BCUT2D eigenvalue weighted by Crippen LogP contribution is -2.33. The van der Waals surface area contributed by atoms with Crippen LogP contribution >= 0.6 is 15.9 Å². The Balaban J connectivity index is 2.63. The summed E-state index contributed by atoms with van der Waals surface area (Å²) in [6.07, 6.45) is 0.665. The van der Waals surface area contributed by atoms with Gasteiger partial charge in [-0.2, -0.15) is 0 Å². The van der Waals surface area contributed by atoms with Crippen LogP contribution in [0.1, 0.15) is 26.3 Å². The van der Waals surface area contributed by atoms with Crippen LogP contribution in [0, 0.1) is 0 Å². The van der Waals surface area contributed by atoms with Gasteiger partial charge in [-0.15, -0.1) is 0 Å². The first-order chi connectivity index (χ1) is 9.22. The Hall–Kier alpha value is -0.920. The third-order valence-electron chi connectivity index (χ3n) is 3.05. The molecule has 110 valence electrons. The quantitative estimate of drug-likeness (QED) is 0.896. The minimum Gasteiger partial charge on any atom is -0.311 e. The molecular weight excluding hydrogens is 344 g/mol. The Kier molecular flexibility index (Phi) is 4.22. The molecule has 1 amide bonds. The molecule has 0 saturated heterocycles. The summed E-state index contributed by atoms with van der Waals surface area (Å²) >= 11 is 3.34. The molecule has 1 aliphatic rings. The highest BCUT2D eigenvalue weighted by Gasteiger charge is 2.31. The van der Waals surface area contributed by atoms with Crippen LogP contribution in [0.25, 0.3) is 0 Å². The maximum absolute atomic E-state index is 12.5. The zero-order chi connectivity index (χ0) is 15.1. The van der Waals surface area contributed by atoms with E-state index in [1.54, 1.807) is 19.9 Å². The van der Waals surface area contributed by atoms with Crippen molar-refractivity contribution in [2.75, 3.05) is 11.4 Å². The van der Waals surface area contributed by atoms with E-state index >= 15 is 0 Å². The predicted octanol–water partition coefficient (Wildman–Crippen LogP) is 2.04. The van der Waals surface area contributed by atoms with E-state index in [-0.39, 0.29) is 16.8 Å². The highest BCUT2D eigenvalue weighted by atomic mass is 79.9. The zero-order valence-electron chi connectivity index (χ0n) is 11.6. The first-order valence-electron chi connectivity index (χ1n) is 6.35. The van der Waals surface area contributed by atoms with E-state index in [1.807, 2.05) is 6.07 Å². The predicted molar refractivity (Wildman–Crippen MR) is 81.3 cm³/mol. The van der Waals surface area contributed by atoms with Crippen LogP contribution in [0.3, 0.4) is 0 Å². The number of benzene rings is 1. The summed E-state index contributed by atoms with van der Waals surface area (Å²) in [7, 11) is -3.65. The number of halogens is 1. The Bertz CT molecular complexity index is 656. The standard InChI is InChI=1S/C13H17BrN2O3S/c1-8(2)15-20(18,19)12-7-11(14)6-10-4-5-16(9(3)17)13(10)12/h6-8,15H,4-5H2,1-3H3. The normalized spacial score (nSPS) is 14.8. The number of fused-ring (bicyclic) bond motifs is 1. The van der Waals surface area contributed by atoms with Gasteiger partial charge in [0.1, 0.15) is 4.90 Å². The van der Waals surface area contributed by atoms with Crippen LogP contribution in [-0.4, -0.2) is 26.9 Å². The van der Waals surface area contributed by atoms with Gasteiger partial charge in [0.25, 0.3) is 0 Å². The number of nitrogens with zero attached hydrogens (tertiary/aromatic N) is 1. The topological polar surface area (TPSA) is 66.5 Å². The van der Waals surface area contributed by atoms with Gasteiger partial charge in [-0.25, -0.2) is 13.1 Å². The number of nitrogens with one attached hydrogen (secondary N) is 1. The highest BCUT2D eigenvalue weighted by molar-refractivity contribution is 9.10. The van der Waals surface area contributed by atoms with Crippen molar-refractivity contribution in [2.45, 2.75) is 38.1 Å². The minimum absolute atomic E-state index is 0.146. The highest BCUT2D eigenvalue weighted by Crippen LogP contribution is 2.37. The van der Waals surface area contributed by atoms with Crippen molar-refractivity contribution >= 4 is 37.5 Å². The molecule has 0 fully saturated rings. The lowest BCUT2D eigenvalue weighted by Gasteiger charge is -2.20. The first kappa shape index (κ1) is 15.5. The molecule has 7 heteroatoms. The molecule has 1 N–H and O–H groups in total. The van der Waals surface area contributed by atoms with Crippen molar-refractivity contribution in [1.82, 2.24) is 4.72 Å². The molecule has 0 unspecified atom stereocenters. The maximum atomic E-state index is 12.5. The van der Waals surface area contributed by atoms with Gasteiger partial charge in [-0.05, 0) is 38.0 Å². The molecule has 0 bridgehead atoms. The molecule has 20 heavy (non-hydrogen) atoms. The molecular formula is C13H17BrN2O3S. The van der Waals surface area contributed by atoms with E-state index in [0.717, 1.165) is 5.56 Å². The third-order valence-corrected chi connectivity index (χ3v) is 5.18. The maximum Gasteiger partial charge on any atom is 0.242 e. The second-order valence-electron chi connectivity index (χ2n) is 5.11. The van der Waals surface area contributed by atoms with E-state index in [2.05, 4.69) is 20.7 Å². The van der Waals surface area contributed by atoms with Gasteiger partial charge in [-0.3, -0.25) is 4.79 Å². The molecule has 2 rings (SSSR count). The van der Waals surface area contributed by atoms with Gasteiger partial charge in [0, 0.05) is 24.0 Å². The van der Waals surface area contributed by atoms with E-state index in [1.165, 1.54) is 11.8 Å². The Morgan fingerprint density at radius 3 is 2.60 bits per heavy atom. The summed E-state index contributed by atoms with van der Waals surface area (Å²) in [5.41, 5.74) is 1.38. The van der Waals surface area contributed by atoms with Crippen LogP contribution in [0.2, 0.25) is 0 Å². The zero-order valence-corrected chi connectivity index (χ0v) is 14.0. The summed E-state index contributed by atoms with van der Waals surface area (Å²) in [5, 5.41) is 0. The number of hydrogen-bond donors (Lipinski definition) is 1. The molecule has 1 aromatic carbocycles. The smallest absolute Gasteiger partial charge is 0.242 e. The SMILES string of the molecule is CC(=O)N1CCc2cc(Br)cc(S(=O)(=O)NC(C)C)c21. The van der Waals surface area contributed by atoms with Gasteiger partial charge < -0.3 is 4.90 Å². The fourth-order valence-electron chi connectivity index (χ4n) is 2.36. The van der Waals surface area contributed by atoms with Crippen LogP contribution < -0.4 is 9.62 Å². The monoisotopic (exact) mass is 360 g/mol. The van der Waals surface area contributed by atoms with E-state index < -0.39 is 10.0 Å². The molecule has 0 aliphatic carbocycles. The molecule has 0 saturated carbocycles. The summed E-state index contributed by atoms with van der Waals surface area (Å²) in [6.45, 7) is 5.49. The minimum atomic E-state index is -3.65. The van der Waals surface area contributed by atoms with Crippen LogP contribution in [0.4, 0.5) is 5.69 Å². The van der Waals surface area contributed by atoms with Crippen LogP contribution in [-0.2, 0) is 21.2 Å². The molecule has 0 atom stereocenters. The summed E-state index contributed by atoms with van der Waals surface area (Å²) < 4.78 is 28.2. The lowest BCUT2D eigenvalue weighted by atomic mass is 10.2.